The fourth-order valence-electron chi connectivity index (χ4n) is 3.36. The molecule has 1 atom stereocenters. The third-order valence-electron chi connectivity index (χ3n) is 4.52. The summed E-state index contributed by atoms with van der Waals surface area (Å²) in [7, 11) is 0. The van der Waals surface area contributed by atoms with Gasteiger partial charge in [-0.1, -0.05) is 24.3 Å². The van der Waals surface area contributed by atoms with Crippen molar-refractivity contribution in [1.82, 2.24) is 15.5 Å². The lowest BCUT2D eigenvalue weighted by Crippen LogP contribution is -2.42. The summed E-state index contributed by atoms with van der Waals surface area (Å²) in [6.45, 7) is 5.21. The number of benzene rings is 1. The lowest BCUT2D eigenvalue weighted by molar-refractivity contribution is -0.123. The van der Waals surface area contributed by atoms with Crippen molar-refractivity contribution in [2.75, 3.05) is 32.7 Å². The second-order valence-corrected chi connectivity index (χ2v) is 6.03. The number of likely N-dealkylation sites (tertiary alicyclic amines) is 1. The van der Waals surface area contributed by atoms with Crippen LogP contribution in [0.15, 0.2) is 24.3 Å². The average Bonchev–Trinajstić information content (AvgIpc) is 3.04. The summed E-state index contributed by atoms with van der Waals surface area (Å²) in [6, 6.07) is 8.08. The van der Waals surface area contributed by atoms with Gasteiger partial charge in [0.25, 0.3) is 0 Å². The SMILES string of the molecule is O=C(NCCCN1CCCC1)C1NCCc2ccccc21. The summed E-state index contributed by atoms with van der Waals surface area (Å²) >= 11 is 0. The lowest BCUT2D eigenvalue weighted by atomic mass is 9.94. The number of amides is 1. The van der Waals surface area contributed by atoms with Crippen molar-refractivity contribution in [2.45, 2.75) is 31.7 Å². The Hall–Kier alpha value is -1.39. The van der Waals surface area contributed by atoms with Gasteiger partial charge in [0.15, 0.2) is 0 Å². The summed E-state index contributed by atoms with van der Waals surface area (Å²) in [4.78, 5) is 14.9. The zero-order chi connectivity index (χ0) is 14.5. The van der Waals surface area contributed by atoms with Gasteiger partial charge in [0.2, 0.25) is 5.91 Å². The first-order valence-corrected chi connectivity index (χ1v) is 8.16. The van der Waals surface area contributed by atoms with Crippen molar-refractivity contribution < 1.29 is 4.79 Å². The van der Waals surface area contributed by atoms with Crippen LogP contribution in [0, 0.1) is 0 Å². The minimum atomic E-state index is -0.179. The zero-order valence-corrected chi connectivity index (χ0v) is 12.6. The van der Waals surface area contributed by atoms with E-state index >= 15 is 0 Å². The molecule has 21 heavy (non-hydrogen) atoms. The zero-order valence-electron chi connectivity index (χ0n) is 12.6. The summed E-state index contributed by atoms with van der Waals surface area (Å²) in [5.41, 5.74) is 2.44. The van der Waals surface area contributed by atoms with Gasteiger partial charge in [0.1, 0.15) is 6.04 Å². The Morgan fingerprint density at radius 3 is 2.95 bits per heavy atom. The highest BCUT2D eigenvalue weighted by Gasteiger charge is 2.25. The van der Waals surface area contributed by atoms with Gasteiger partial charge in [-0.2, -0.15) is 0 Å². The van der Waals surface area contributed by atoms with Gasteiger partial charge in [-0.3, -0.25) is 4.79 Å². The average molecular weight is 287 g/mol. The molecule has 2 heterocycles. The molecule has 1 aromatic carbocycles. The predicted molar refractivity (Wildman–Crippen MR) is 84.2 cm³/mol. The predicted octanol–water partition coefficient (Wildman–Crippen LogP) is 1.48. The third kappa shape index (κ3) is 3.63. The standard InChI is InChI=1S/C17H25N3O/c21-17(19-9-5-13-20-11-3-4-12-20)16-15-7-2-1-6-14(15)8-10-18-16/h1-2,6-7,16,18H,3-5,8-13H2,(H,19,21). The molecule has 0 bridgehead atoms. The monoisotopic (exact) mass is 287 g/mol. The van der Waals surface area contributed by atoms with Crippen molar-refractivity contribution in [3.8, 4) is 0 Å². The molecule has 2 aliphatic rings. The quantitative estimate of drug-likeness (QED) is 0.806. The van der Waals surface area contributed by atoms with E-state index in [0.29, 0.717) is 0 Å². The number of hydrogen-bond donors (Lipinski definition) is 2. The van der Waals surface area contributed by atoms with Crippen LogP contribution >= 0.6 is 0 Å². The largest absolute Gasteiger partial charge is 0.354 e. The molecule has 0 spiro atoms. The lowest BCUT2D eigenvalue weighted by Gasteiger charge is -2.26. The van der Waals surface area contributed by atoms with E-state index in [1.165, 1.54) is 31.5 Å². The maximum Gasteiger partial charge on any atom is 0.241 e. The molecule has 1 amide bonds. The highest BCUT2D eigenvalue weighted by atomic mass is 16.2. The van der Waals surface area contributed by atoms with Crippen LogP contribution in [0.3, 0.4) is 0 Å². The third-order valence-corrected chi connectivity index (χ3v) is 4.52. The molecule has 1 unspecified atom stereocenters. The van der Waals surface area contributed by atoms with Crippen LogP contribution in [0.4, 0.5) is 0 Å². The second kappa shape index (κ2) is 7.05. The number of rotatable bonds is 5. The molecule has 4 heteroatoms. The molecule has 0 saturated carbocycles. The van der Waals surface area contributed by atoms with Crippen molar-refractivity contribution in [2.24, 2.45) is 0 Å². The number of carbonyl (C=O) groups is 1. The van der Waals surface area contributed by atoms with E-state index in [9.17, 15) is 4.79 Å². The molecule has 4 nitrogen and oxygen atoms in total. The van der Waals surface area contributed by atoms with Gasteiger partial charge in [0, 0.05) is 13.1 Å². The Bertz CT molecular complexity index is 483. The van der Waals surface area contributed by atoms with Gasteiger partial charge in [0.05, 0.1) is 0 Å². The Kier molecular flexibility index (Phi) is 4.88. The van der Waals surface area contributed by atoms with Crippen molar-refractivity contribution in [3.63, 3.8) is 0 Å². The molecule has 2 aliphatic heterocycles. The van der Waals surface area contributed by atoms with Crippen molar-refractivity contribution >= 4 is 5.91 Å². The van der Waals surface area contributed by atoms with Crippen LogP contribution in [-0.2, 0) is 11.2 Å². The van der Waals surface area contributed by atoms with Gasteiger partial charge in [-0.25, -0.2) is 0 Å². The first-order chi connectivity index (χ1) is 10.3. The van der Waals surface area contributed by atoms with E-state index in [2.05, 4.69) is 33.7 Å². The highest BCUT2D eigenvalue weighted by molar-refractivity contribution is 5.83. The smallest absolute Gasteiger partial charge is 0.241 e. The molecular formula is C17H25N3O. The first-order valence-electron chi connectivity index (χ1n) is 8.16. The van der Waals surface area contributed by atoms with E-state index in [1.807, 2.05) is 6.07 Å². The molecule has 1 aromatic rings. The molecule has 114 valence electrons. The van der Waals surface area contributed by atoms with Crippen LogP contribution in [0.25, 0.3) is 0 Å². The van der Waals surface area contributed by atoms with Gasteiger partial charge >= 0.3 is 0 Å². The van der Waals surface area contributed by atoms with E-state index in [0.717, 1.165) is 38.0 Å². The van der Waals surface area contributed by atoms with Crippen molar-refractivity contribution in [1.29, 1.82) is 0 Å². The minimum Gasteiger partial charge on any atom is -0.354 e. The van der Waals surface area contributed by atoms with Crippen LogP contribution in [0.1, 0.15) is 36.4 Å². The molecule has 0 radical (unpaired) electrons. The van der Waals surface area contributed by atoms with E-state index < -0.39 is 0 Å². The molecule has 1 fully saturated rings. The van der Waals surface area contributed by atoms with Gasteiger partial charge in [-0.15, -0.1) is 0 Å². The summed E-state index contributed by atoms with van der Waals surface area (Å²) in [5.74, 6) is 0.114. The fraction of sp³-hybridized carbons (Fsp3) is 0.588. The van der Waals surface area contributed by atoms with Gasteiger partial charge < -0.3 is 15.5 Å². The van der Waals surface area contributed by atoms with Crippen LogP contribution < -0.4 is 10.6 Å². The minimum absolute atomic E-state index is 0.114. The van der Waals surface area contributed by atoms with E-state index in [4.69, 9.17) is 0 Å². The molecular weight excluding hydrogens is 262 g/mol. The number of carbonyl (C=O) groups excluding carboxylic acids is 1. The van der Waals surface area contributed by atoms with Crippen molar-refractivity contribution in [3.05, 3.63) is 35.4 Å². The number of hydrogen-bond acceptors (Lipinski definition) is 3. The Morgan fingerprint density at radius 2 is 2.10 bits per heavy atom. The van der Waals surface area contributed by atoms with E-state index in [1.54, 1.807) is 0 Å². The number of fused-ring (bicyclic) bond motifs is 1. The van der Waals surface area contributed by atoms with Crippen LogP contribution in [0.2, 0.25) is 0 Å². The Labute approximate surface area is 126 Å². The Balaban J connectivity index is 1.47. The molecule has 2 N–H and O–H groups in total. The highest BCUT2D eigenvalue weighted by Crippen LogP contribution is 2.22. The molecule has 0 aromatic heterocycles. The fourth-order valence-corrected chi connectivity index (χ4v) is 3.36. The Morgan fingerprint density at radius 1 is 1.29 bits per heavy atom. The first kappa shape index (κ1) is 14.5. The van der Waals surface area contributed by atoms with Crippen LogP contribution in [-0.4, -0.2) is 43.5 Å². The number of nitrogens with one attached hydrogen (secondary N) is 2. The van der Waals surface area contributed by atoms with E-state index in [-0.39, 0.29) is 11.9 Å². The summed E-state index contributed by atoms with van der Waals surface area (Å²) in [5, 5.41) is 6.42. The second-order valence-electron chi connectivity index (χ2n) is 6.03. The summed E-state index contributed by atoms with van der Waals surface area (Å²) in [6.07, 6.45) is 4.71. The van der Waals surface area contributed by atoms with Crippen LogP contribution in [0.5, 0.6) is 0 Å². The maximum atomic E-state index is 12.4. The molecule has 0 aliphatic carbocycles. The maximum absolute atomic E-state index is 12.4. The van der Waals surface area contributed by atoms with Gasteiger partial charge in [-0.05, 0) is 56.4 Å². The molecule has 1 saturated heterocycles. The molecule has 3 rings (SSSR count). The topological polar surface area (TPSA) is 44.4 Å². The number of nitrogens with zero attached hydrogens (tertiary/aromatic N) is 1. The normalized spacial score (nSPS) is 22.0. The summed E-state index contributed by atoms with van der Waals surface area (Å²) < 4.78 is 0.